The van der Waals surface area contributed by atoms with Gasteiger partial charge in [-0.15, -0.1) is 6.58 Å². The van der Waals surface area contributed by atoms with Crippen LogP contribution in [0.25, 0.3) is 0 Å². The Labute approximate surface area is 146 Å². The van der Waals surface area contributed by atoms with Gasteiger partial charge in [0.05, 0.1) is 6.61 Å². The molecule has 2 aromatic rings. The zero-order valence-electron chi connectivity index (χ0n) is 15.4. The number of benzene rings is 2. The van der Waals surface area contributed by atoms with Crippen LogP contribution in [0.15, 0.2) is 60.7 Å². The van der Waals surface area contributed by atoms with Crippen LogP contribution < -0.4 is 10.1 Å². The molecule has 0 aromatic heterocycles. The average Bonchev–Trinajstić information content (AvgIpc) is 2.57. The van der Waals surface area contributed by atoms with Gasteiger partial charge in [-0.25, -0.2) is 0 Å². The summed E-state index contributed by atoms with van der Waals surface area (Å²) in [4.78, 5) is 10.2. The lowest BCUT2D eigenvalue weighted by Crippen LogP contribution is -1.90. The third-order valence-electron chi connectivity index (χ3n) is 2.67. The second kappa shape index (κ2) is 12.9. The molecule has 0 saturated heterocycles. The summed E-state index contributed by atoms with van der Waals surface area (Å²) in [7, 11) is 1.92. The molecule has 0 radical (unpaired) electrons. The normalized spacial score (nSPS) is 8.71. The van der Waals surface area contributed by atoms with Crippen molar-refractivity contribution in [2.45, 2.75) is 27.7 Å². The molecule has 0 saturated carbocycles. The first-order valence-corrected chi connectivity index (χ1v) is 7.97. The van der Waals surface area contributed by atoms with Gasteiger partial charge in [-0.1, -0.05) is 23.3 Å². The summed E-state index contributed by atoms with van der Waals surface area (Å²) in [6.07, 6.45) is 0.815. The number of rotatable bonds is 4. The lowest BCUT2D eigenvalue weighted by molar-refractivity contribution is 0.112. The lowest BCUT2D eigenvalue weighted by atomic mass is 10.2. The smallest absolute Gasteiger partial charge is 0.150 e. The van der Waals surface area contributed by atoms with Crippen LogP contribution in [0.1, 0.15) is 36.7 Å². The number of carbonyl (C=O) groups is 1. The van der Waals surface area contributed by atoms with E-state index in [1.165, 1.54) is 16.8 Å². The Morgan fingerprint density at radius 1 is 1.08 bits per heavy atom. The molecule has 3 heteroatoms. The molecule has 0 fully saturated rings. The van der Waals surface area contributed by atoms with Crippen molar-refractivity contribution in [2.75, 3.05) is 19.0 Å². The Hall–Kier alpha value is -2.55. The molecule has 0 atom stereocenters. The molecule has 0 amide bonds. The summed E-state index contributed by atoms with van der Waals surface area (Å²) in [5, 5.41) is 3.05. The quantitative estimate of drug-likeness (QED) is 0.594. The monoisotopic (exact) mass is 327 g/mol. The van der Waals surface area contributed by atoms with Crippen molar-refractivity contribution in [3.63, 3.8) is 0 Å². The number of carbonyl (C=O) groups excluding carboxylic acids is 1. The molecule has 0 spiro atoms. The number of nitrogens with one attached hydrogen (secondary N) is 1. The first-order chi connectivity index (χ1) is 11.4. The van der Waals surface area contributed by atoms with E-state index in [0.29, 0.717) is 12.2 Å². The van der Waals surface area contributed by atoms with Gasteiger partial charge in [-0.3, -0.25) is 4.79 Å². The molecule has 0 aliphatic carbocycles. The van der Waals surface area contributed by atoms with E-state index >= 15 is 0 Å². The molecule has 0 aliphatic rings. The number of anilines is 1. The van der Waals surface area contributed by atoms with Crippen molar-refractivity contribution in [1.29, 1.82) is 0 Å². The van der Waals surface area contributed by atoms with Crippen molar-refractivity contribution in [3.8, 4) is 5.75 Å². The average molecular weight is 327 g/mol. The Bertz CT molecular complexity index is 582. The molecule has 24 heavy (non-hydrogen) atoms. The van der Waals surface area contributed by atoms with Crippen LogP contribution in [-0.2, 0) is 0 Å². The molecule has 0 aliphatic heterocycles. The minimum absolute atomic E-state index is 0.653. The topological polar surface area (TPSA) is 38.3 Å². The predicted octanol–water partition coefficient (Wildman–Crippen LogP) is 5.52. The second-order valence-corrected chi connectivity index (χ2v) is 5.44. The number of allylic oxidation sites excluding steroid dienone is 1. The van der Waals surface area contributed by atoms with E-state index in [1.807, 2.05) is 27.8 Å². The SMILES string of the molecule is C=C(C)C.CCOc1ccc(C=O)cc1.CNc1ccc(C)cc1. The minimum atomic E-state index is 0.653. The van der Waals surface area contributed by atoms with Gasteiger partial charge in [0.25, 0.3) is 0 Å². The van der Waals surface area contributed by atoms with Gasteiger partial charge >= 0.3 is 0 Å². The standard InChI is InChI=1S/C9H10O2.C8H11N.C4H8/c1-2-11-9-5-3-8(7-10)4-6-9;1-7-3-5-8(9-2)6-4-7;1-4(2)3/h3-7H,2H2,1H3;3-6,9H,1-2H3;1H2,2-3H3. The third-order valence-corrected chi connectivity index (χ3v) is 2.67. The predicted molar refractivity (Wildman–Crippen MR) is 104 cm³/mol. The van der Waals surface area contributed by atoms with Crippen LogP contribution in [0.5, 0.6) is 5.75 Å². The minimum Gasteiger partial charge on any atom is -0.494 e. The lowest BCUT2D eigenvalue weighted by Gasteiger charge is -2.00. The fourth-order valence-electron chi connectivity index (χ4n) is 1.53. The number of aryl methyl sites for hydroxylation is 1. The highest BCUT2D eigenvalue weighted by Gasteiger charge is 1.91. The zero-order chi connectivity index (χ0) is 18.4. The number of hydrogen-bond donors (Lipinski definition) is 1. The Kier molecular flexibility index (Phi) is 11.6. The molecule has 2 aromatic carbocycles. The van der Waals surface area contributed by atoms with Crippen LogP contribution in [-0.4, -0.2) is 19.9 Å². The Morgan fingerprint density at radius 3 is 1.96 bits per heavy atom. The van der Waals surface area contributed by atoms with E-state index in [1.54, 1.807) is 24.3 Å². The van der Waals surface area contributed by atoms with Gasteiger partial charge in [-0.2, -0.15) is 0 Å². The van der Waals surface area contributed by atoms with Crippen LogP contribution in [0.2, 0.25) is 0 Å². The van der Waals surface area contributed by atoms with E-state index in [0.717, 1.165) is 12.0 Å². The first-order valence-electron chi connectivity index (χ1n) is 7.97. The summed E-state index contributed by atoms with van der Waals surface area (Å²) in [6.45, 7) is 12.2. The van der Waals surface area contributed by atoms with E-state index in [-0.39, 0.29) is 0 Å². The summed E-state index contributed by atoms with van der Waals surface area (Å²) < 4.78 is 5.19. The van der Waals surface area contributed by atoms with Crippen molar-refractivity contribution in [2.24, 2.45) is 0 Å². The van der Waals surface area contributed by atoms with E-state index in [9.17, 15) is 4.79 Å². The summed E-state index contributed by atoms with van der Waals surface area (Å²) in [5.74, 6) is 0.804. The fourth-order valence-corrected chi connectivity index (χ4v) is 1.53. The van der Waals surface area contributed by atoms with Gasteiger partial charge in [0.1, 0.15) is 12.0 Å². The maximum atomic E-state index is 10.2. The molecule has 0 heterocycles. The van der Waals surface area contributed by atoms with Gasteiger partial charge in [0.15, 0.2) is 0 Å². The molecular weight excluding hydrogens is 298 g/mol. The highest BCUT2D eigenvalue weighted by molar-refractivity contribution is 5.74. The molecular formula is C21H29NO2. The van der Waals surface area contributed by atoms with Crippen LogP contribution >= 0.6 is 0 Å². The Morgan fingerprint density at radius 2 is 1.58 bits per heavy atom. The fraction of sp³-hybridized carbons (Fsp3) is 0.286. The number of aldehydes is 1. The maximum absolute atomic E-state index is 10.2. The van der Waals surface area contributed by atoms with Gasteiger partial charge in [-0.05, 0) is 64.1 Å². The highest BCUT2D eigenvalue weighted by Crippen LogP contribution is 2.10. The van der Waals surface area contributed by atoms with Crippen molar-refractivity contribution < 1.29 is 9.53 Å². The van der Waals surface area contributed by atoms with E-state index in [4.69, 9.17) is 4.74 Å². The maximum Gasteiger partial charge on any atom is 0.150 e. The molecule has 2 rings (SSSR count). The third kappa shape index (κ3) is 11.1. The van der Waals surface area contributed by atoms with Crippen molar-refractivity contribution in [1.82, 2.24) is 0 Å². The largest absolute Gasteiger partial charge is 0.494 e. The second-order valence-electron chi connectivity index (χ2n) is 5.44. The molecule has 1 N–H and O–H groups in total. The highest BCUT2D eigenvalue weighted by atomic mass is 16.5. The Balaban J connectivity index is 0.000000367. The number of ether oxygens (including phenoxy) is 1. The van der Waals surface area contributed by atoms with Gasteiger partial charge in [0.2, 0.25) is 0 Å². The van der Waals surface area contributed by atoms with Crippen LogP contribution in [0.3, 0.4) is 0 Å². The summed E-state index contributed by atoms with van der Waals surface area (Å²) in [6, 6.07) is 15.3. The van der Waals surface area contributed by atoms with Crippen molar-refractivity contribution in [3.05, 3.63) is 71.8 Å². The van der Waals surface area contributed by atoms with Gasteiger partial charge in [0, 0.05) is 18.3 Å². The van der Waals surface area contributed by atoms with E-state index < -0.39 is 0 Å². The summed E-state index contributed by atoms with van der Waals surface area (Å²) >= 11 is 0. The van der Waals surface area contributed by atoms with Gasteiger partial charge < -0.3 is 10.1 Å². The molecule has 0 bridgehead atoms. The summed E-state index contributed by atoms with van der Waals surface area (Å²) in [5.41, 5.74) is 4.31. The zero-order valence-corrected chi connectivity index (χ0v) is 15.4. The van der Waals surface area contributed by atoms with E-state index in [2.05, 4.69) is 43.1 Å². The van der Waals surface area contributed by atoms with Crippen LogP contribution in [0.4, 0.5) is 5.69 Å². The van der Waals surface area contributed by atoms with Crippen LogP contribution in [0, 0.1) is 6.92 Å². The van der Waals surface area contributed by atoms with Crippen molar-refractivity contribution >= 4 is 12.0 Å². The molecule has 130 valence electrons. The first kappa shape index (κ1) is 21.4. The molecule has 0 unspecified atom stereocenters. The number of hydrogen-bond acceptors (Lipinski definition) is 3. The molecule has 3 nitrogen and oxygen atoms in total.